The lowest BCUT2D eigenvalue weighted by Gasteiger charge is -2.17. The molecule has 0 spiro atoms. The summed E-state index contributed by atoms with van der Waals surface area (Å²) in [6.07, 6.45) is 3.05. The van der Waals surface area contributed by atoms with Gasteiger partial charge in [0.15, 0.2) is 0 Å². The minimum atomic E-state index is -0.913. The van der Waals surface area contributed by atoms with Crippen molar-refractivity contribution in [2.45, 2.75) is 56.8 Å². The Labute approximate surface area is 176 Å². The monoisotopic (exact) mass is 438 g/mol. The number of nitrogens with one attached hydrogen (secondary N) is 1. The number of halogens is 1. The molecule has 1 aliphatic carbocycles. The summed E-state index contributed by atoms with van der Waals surface area (Å²) in [5, 5.41) is 3.33. The molecule has 1 N–H and O–H groups in total. The number of carbonyl (C=O) groups excluding carboxylic acids is 1. The highest BCUT2D eigenvalue weighted by Gasteiger charge is 2.46. The van der Waals surface area contributed by atoms with Gasteiger partial charge in [-0.05, 0) is 38.2 Å². The van der Waals surface area contributed by atoms with E-state index in [4.69, 9.17) is 16.3 Å². The van der Waals surface area contributed by atoms with Gasteiger partial charge in [-0.1, -0.05) is 11.6 Å². The Morgan fingerprint density at radius 2 is 2.10 bits per heavy atom. The maximum Gasteiger partial charge on any atom is 0.333 e. The van der Waals surface area contributed by atoms with Crippen LogP contribution in [0, 0.1) is 6.92 Å². The van der Waals surface area contributed by atoms with Gasteiger partial charge in [0.05, 0.1) is 24.6 Å². The number of nitrogens with zero attached hydrogens (tertiary/aromatic N) is 3. The second-order valence-corrected chi connectivity index (χ2v) is 9.86. The Kier molecular flexibility index (Phi) is 4.52. The summed E-state index contributed by atoms with van der Waals surface area (Å²) >= 11 is 7.97. The molecule has 4 heterocycles. The molecule has 8 nitrogen and oxygen atoms in total. The largest absolute Gasteiger partial charge is 0.376 e. The second kappa shape index (κ2) is 6.85. The fraction of sp³-hybridized carbons (Fsp3) is 0.632. The Bertz CT molecular complexity index is 1110. The lowest BCUT2D eigenvalue weighted by Crippen LogP contribution is -2.44. The second-order valence-electron chi connectivity index (χ2n) is 8.07. The first-order valence-corrected chi connectivity index (χ1v) is 11.2. The number of aromatic nitrogens is 2. The van der Waals surface area contributed by atoms with Crippen LogP contribution in [0.4, 0.5) is 4.79 Å². The van der Waals surface area contributed by atoms with Gasteiger partial charge < -0.3 is 15.0 Å². The molecule has 2 aromatic rings. The van der Waals surface area contributed by atoms with E-state index in [1.54, 1.807) is 9.47 Å². The van der Waals surface area contributed by atoms with E-state index in [9.17, 15) is 14.4 Å². The molecule has 0 unspecified atom stereocenters. The summed E-state index contributed by atoms with van der Waals surface area (Å²) in [6, 6.07) is -0.103. The molecule has 2 amide bonds. The first kappa shape index (κ1) is 19.1. The molecule has 3 aliphatic rings. The van der Waals surface area contributed by atoms with Crippen LogP contribution in [0.2, 0.25) is 0 Å². The summed E-state index contributed by atoms with van der Waals surface area (Å²) < 4.78 is 8.66. The number of rotatable bonds is 5. The summed E-state index contributed by atoms with van der Waals surface area (Å²) in [6.45, 7) is 4.67. The van der Waals surface area contributed by atoms with Crippen molar-refractivity contribution in [2.24, 2.45) is 0 Å². The minimum absolute atomic E-state index is 0.0393. The highest BCUT2D eigenvalue weighted by atomic mass is 35.5. The average Bonchev–Trinajstić information content (AvgIpc) is 3.06. The number of fused-ring (bicyclic) bond motifs is 1. The van der Waals surface area contributed by atoms with Crippen molar-refractivity contribution in [1.29, 1.82) is 0 Å². The van der Waals surface area contributed by atoms with Crippen LogP contribution in [-0.4, -0.2) is 45.9 Å². The van der Waals surface area contributed by atoms with Crippen molar-refractivity contribution in [3.63, 3.8) is 0 Å². The third-order valence-corrected chi connectivity index (χ3v) is 7.91. The van der Waals surface area contributed by atoms with Crippen LogP contribution in [0.3, 0.4) is 0 Å². The van der Waals surface area contributed by atoms with E-state index >= 15 is 0 Å². The van der Waals surface area contributed by atoms with E-state index in [-0.39, 0.29) is 23.4 Å². The van der Waals surface area contributed by atoms with Crippen LogP contribution in [0.25, 0.3) is 10.2 Å². The molecule has 3 fully saturated rings. The molecule has 2 aliphatic heterocycles. The number of hydrogen-bond donors (Lipinski definition) is 1. The predicted molar refractivity (Wildman–Crippen MR) is 111 cm³/mol. The molecule has 29 heavy (non-hydrogen) atoms. The topological polar surface area (TPSA) is 85.6 Å². The normalized spacial score (nSPS) is 23.2. The van der Waals surface area contributed by atoms with Crippen molar-refractivity contribution < 1.29 is 9.53 Å². The third kappa shape index (κ3) is 3.10. The summed E-state index contributed by atoms with van der Waals surface area (Å²) in [5.41, 5.74) is 0.134. The fourth-order valence-corrected chi connectivity index (χ4v) is 5.77. The van der Waals surface area contributed by atoms with Crippen molar-refractivity contribution in [3.8, 4) is 0 Å². The Balaban J connectivity index is 1.68. The molecular formula is C19H23ClN4O4S. The first-order chi connectivity index (χ1) is 13.9. The van der Waals surface area contributed by atoms with Gasteiger partial charge in [0.1, 0.15) is 9.83 Å². The number of urea groups is 1. The maximum absolute atomic E-state index is 13.3. The van der Waals surface area contributed by atoms with Gasteiger partial charge in [0.25, 0.3) is 5.56 Å². The highest BCUT2D eigenvalue weighted by Crippen LogP contribution is 2.46. The number of aryl methyl sites for hydroxylation is 1. The quantitative estimate of drug-likeness (QED) is 0.723. The molecule has 2 aromatic heterocycles. The average molecular weight is 439 g/mol. The highest BCUT2D eigenvalue weighted by molar-refractivity contribution is 7.18. The van der Waals surface area contributed by atoms with Crippen LogP contribution in [0.5, 0.6) is 0 Å². The SMILES string of the molecule is Cc1c(CN2CCNC2=O)sc2c1c(=O)n(C1(Cl)CC1)c(=O)n2C[C@@H]1CCCO1. The lowest BCUT2D eigenvalue weighted by atomic mass is 10.2. The molecule has 1 atom stereocenters. The zero-order valence-electron chi connectivity index (χ0n) is 16.2. The molecule has 1 saturated carbocycles. The number of amides is 2. The number of ether oxygens (including phenoxy) is 1. The number of hydrogen-bond acceptors (Lipinski definition) is 5. The van der Waals surface area contributed by atoms with Crippen LogP contribution < -0.4 is 16.6 Å². The van der Waals surface area contributed by atoms with Crippen molar-refractivity contribution in [1.82, 2.24) is 19.4 Å². The summed E-state index contributed by atoms with van der Waals surface area (Å²) in [5.74, 6) is 0. The standard InChI is InChI=1S/C19H23ClN4O4S/c1-11-13(10-22-7-6-21-17(22)26)29-16-14(11)15(25)24(19(20)4-5-19)18(27)23(16)9-12-3-2-8-28-12/h12H,2-10H2,1H3,(H,21,26)/t12-/m0/s1. The summed E-state index contributed by atoms with van der Waals surface area (Å²) in [4.78, 5) is 41.0. The first-order valence-electron chi connectivity index (χ1n) is 10.0. The molecule has 5 rings (SSSR count). The molecule has 0 aromatic carbocycles. The Hall–Kier alpha value is -1.84. The van der Waals surface area contributed by atoms with Crippen LogP contribution in [0.15, 0.2) is 9.59 Å². The Morgan fingerprint density at radius 1 is 1.31 bits per heavy atom. The molecule has 2 saturated heterocycles. The van der Waals surface area contributed by atoms with E-state index in [2.05, 4.69) is 5.32 Å². The predicted octanol–water partition coefficient (Wildman–Crippen LogP) is 1.92. The van der Waals surface area contributed by atoms with Gasteiger partial charge in [0.2, 0.25) is 0 Å². The van der Waals surface area contributed by atoms with E-state index in [1.165, 1.54) is 15.9 Å². The van der Waals surface area contributed by atoms with E-state index in [0.717, 1.165) is 23.3 Å². The van der Waals surface area contributed by atoms with Gasteiger partial charge in [-0.25, -0.2) is 14.2 Å². The number of carbonyl (C=O) groups is 1. The molecule has 156 valence electrons. The van der Waals surface area contributed by atoms with Crippen LogP contribution in [-0.2, 0) is 22.8 Å². The van der Waals surface area contributed by atoms with Crippen LogP contribution >= 0.6 is 22.9 Å². The Morgan fingerprint density at radius 3 is 2.72 bits per heavy atom. The molecule has 0 radical (unpaired) electrons. The minimum Gasteiger partial charge on any atom is -0.376 e. The van der Waals surface area contributed by atoms with E-state index in [1.807, 2.05) is 6.92 Å². The molecule has 10 heteroatoms. The fourth-order valence-electron chi connectivity index (χ4n) is 4.21. The number of alkyl halides is 1. The van der Waals surface area contributed by atoms with Crippen LogP contribution in [0.1, 0.15) is 36.1 Å². The van der Waals surface area contributed by atoms with Crippen molar-refractivity contribution in [3.05, 3.63) is 31.3 Å². The molecular weight excluding hydrogens is 416 g/mol. The smallest absolute Gasteiger partial charge is 0.333 e. The zero-order valence-corrected chi connectivity index (χ0v) is 17.8. The number of thiophene rings is 1. The third-order valence-electron chi connectivity index (χ3n) is 6.06. The maximum atomic E-state index is 13.3. The van der Waals surface area contributed by atoms with Crippen molar-refractivity contribution >= 4 is 39.2 Å². The zero-order chi connectivity index (χ0) is 20.3. The lowest BCUT2D eigenvalue weighted by molar-refractivity contribution is 0.0965. The van der Waals surface area contributed by atoms with Gasteiger partial charge in [-0.15, -0.1) is 11.3 Å². The van der Waals surface area contributed by atoms with Crippen molar-refractivity contribution in [2.75, 3.05) is 19.7 Å². The van der Waals surface area contributed by atoms with Gasteiger partial charge in [0, 0.05) is 24.6 Å². The van der Waals surface area contributed by atoms with E-state index < -0.39 is 5.00 Å². The molecule has 0 bridgehead atoms. The summed E-state index contributed by atoms with van der Waals surface area (Å²) in [7, 11) is 0. The van der Waals surface area contributed by atoms with Gasteiger partial charge in [-0.2, -0.15) is 0 Å². The van der Waals surface area contributed by atoms with Gasteiger partial charge in [-0.3, -0.25) is 9.36 Å². The van der Waals surface area contributed by atoms with Gasteiger partial charge >= 0.3 is 11.7 Å². The van der Waals surface area contributed by atoms with E-state index in [0.29, 0.717) is 55.8 Å².